The number of aromatic nitrogens is 1. The molecule has 2 fully saturated rings. The maximum atomic E-state index is 14.8. The number of hydrogen-bond donors (Lipinski definition) is 2. The number of nitrogens with zero attached hydrogens (tertiary/aromatic N) is 2. The van der Waals surface area contributed by atoms with Crippen LogP contribution in [-0.4, -0.2) is 49.5 Å². The van der Waals surface area contributed by atoms with Gasteiger partial charge in [0.15, 0.2) is 0 Å². The van der Waals surface area contributed by atoms with E-state index in [2.05, 4.69) is 74.6 Å². The van der Waals surface area contributed by atoms with Crippen molar-refractivity contribution in [2.24, 2.45) is 17.8 Å². The van der Waals surface area contributed by atoms with Gasteiger partial charge in [0, 0.05) is 23.5 Å². The lowest BCUT2D eigenvalue weighted by molar-refractivity contribution is -0.122. The Balaban J connectivity index is 1.08. The minimum atomic E-state index is -2.99. The second-order valence-electron chi connectivity index (χ2n) is 18.0. The van der Waals surface area contributed by atoms with Crippen LogP contribution in [0.3, 0.4) is 0 Å². The zero-order valence-electron chi connectivity index (χ0n) is 36.3. The number of pyridine rings is 1. The zero-order valence-corrected chi connectivity index (χ0v) is 38.0. The lowest BCUT2D eigenvalue weighted by atomic mass is 9.69. The molecule has 2 aliphatic heterocycles. The number of carbonyl (C=O) groups excluding carboxylic acids is 2. The van der Waals surface area contributed by atoms with Crippen molar-refractivity contribution in [1.82, 2.24) is 4.98 Å². The largest absolute Gasteiger partial charge is 0.508 e. The molecule has 0 saturated carbocycles. The van der Waals surface area contributed by atoms with Crippen molar-refractivity contribution in [2.75, 3.05) is 23.4 Å². The van der Waals surface area contributed by atoms with Gasteiger partial charge in [-0.3, -0.25) is 19.5 Å². The highest BCUT2D eigenvalue weighted by Crippen LogP contribution is 2.51. The van der Waals surface area contributed by atoms with Crippen molar-refractivity contribution in [3.63, 3.8) is 0 Å². The van der Waals surface area contributed by atoms with E-state index >= 15 is 0 Å². The average Bonchev–Trinajstić information content (AvgIpc) is 3.84. The second kappa shape index (κ2) is 18.2. The van der Waals surface area contributed by atoms with Crippen molar-refractivity contribution in [1.29, 1.82) is 0 Å². The molecule has 4 atom stereocenters. The number of halogens is 1. The SMILES string of the molecule is CC(C)(C)[Si](OCC1=C2[C@@H](CC/C(=C/c3ccc(O)cc3Cl)c3ccccn3)OC[C@@H]2[C@@H]2C(=O)N(c3ccc(Nc4ccccc4)cc3)C(=O)[C@@H]2C1)(c1ccccc1)c1ccccc1. The van der Waals surface area contributed by atoms with Gasteiger partial charge < -0.3 is 19.6 Å². The van der Waals surface area contributed by atoms with E-state index in [0.717, 1.165) is 39.4 Å². The molecule has 0 bridgehead atoms. The van der Waals surface area contributed by atoms with Crippen LogP contribution in [0.25, 0.3) is 11.6 Å². The molecule has 0 radical (unpaired) electrons. The molecule has 2 amide bonds. The number of ether oxygens (including phenoxy) is 1. The first-order chi connectivity index (χ1) is 31.0. The van der Waals surface area contributed by atoms with Crippen LogP contribution in [0.4, 0.5) is 17.1 Å². The molecule has 6 aromatic rings. The molecule has 9 rings (SSSR count). The molecule has 2 saturated heterocycles. The Hall–Kier alpha value is -6.10. The summed E-state index contributed by atoms with van der Waals surface area (Å²) in [6.45, 7) is 7.42. The molecule has 324 valence electrons. The summed E-state index contributed by atoms with van der Waals surface area (Å²) in [6, 6.07) is 49.3. The van der Waals surface area contributed by atoms with Crippen molar-refractivity contribution in [3.05, 3.63) is 185 Å². The number of carbonyl (C=O) groups is 2. The fourth-order valence-electron chi connectivity index (χ4n) is 10.1. The number of fused-ring (bicyclic) bond motifs is 3. The lowest BCUT2D eigenvalue weighted by Crippen LogP contribution is -2.66. The Morgan fingerprint density at radius 3 is 2.09 bits per heavy atom. The van der Waals surface area contributed by atoms with E-state index in [0.29, 0.717) is 43.2 Å². The molecule has 3 heterocycles. The monoisotopic (exact) mass is 885 g/mol. The van der Waals surface area contributed by atoms with Crippen LogP contribution >= 0.6 is 11.6 Å². The van der Waals surface area contributed by atoms with Crippen molar-refractivity contribution >= 4 is 70.8 Å². The van der Waals surface area contributed by atoms with Crippen LogP contribution in [0, 0.1) is 17.8 Å². The minimum absolute atomic E-state index is 0.0953. The van der Waals surface area contributed by atoms with Gasteiger partial charge in [-0.2, -0.15) is 0 Å². The Kier molecular flexibility index (Phi) is 12.3. The highest BCUT2D eigenvalue weighted by Gasteiger charge is 2.58. The summed E-state index contributed by atoms with van der Waals surface area (Å²) in [7, 11) is -2.99. The number of imide groups is 1. The van der Waals surface area contributed by atoms with Gasteiger partial charge in [0.05, 0.1) is 47.6 Å². The molecule has 0 unspecified atom stereocenters. The summed E-state index contributed by atoms with van der Waals surface area (Å²) in [5.74, 6) is -1.69. The van der Waals surface area contributed by atoms with Crippen molar-refractivity contribution in [3.8, 4) is 5.75 Å². The number of phenolic OH excluding ortho intramolecular Hbond substituents is 1. The molecule has 8 nitrogen and oxygen atoms in total. The topological polar surface area (TPSA) is 101 Å². The number of amides is 2. The first-order valence-electron chi connectivity index (χ1n) is 22.0. The van der Waals surface area contributed by atoms with E-state index in [1.165, 1.54) is 21.3 Å². The summed E-state index contributed by atoms with van der Waals surface area (Å²) in [4.78, 5) is 35.6. The number of para-hydroxylation sites is 1. The normalized spacial score (nSPS) is 20.1. The fourth-order valence-corrected chi connectivity index (χ4v) is 14.9. The summed E-state index contributed by atoms with van der Waals surface area (Å²) in [6.07, 6.45) is 5.06. The maximum absolute atomic E-state index is 14.8. The quantitative estimate of drug-likeness (QED) is 0.0677. The number of nitrogens with one attached hydrogen (secondary N) is 1. The van der Waals surface area contributed by atoms with Gasteiger partial charge in [-0.15, -0.1) is 0 Å². The molecule has 2 N–H and O–H groups in total. The number of anilines is 3. The summed E-state index contributed by atoms with van der Waals surface area (Å²) in [5, 5.41) is 16.0. The average molecular weight is 887 g/mol. The molecule has 0 spiro atoms. The Bertz CT molecular complexity index is 2650. The highest BCUT2D eigenvalue weighted by atomic mass is 35.5. The number of phenols is 1. The van der Waals surface area contributed by atoms with Gasteiger partial charge in [0.1, 0.15) is 5.75 Å². The van der Waals surface area contributed by atoms with Crippen LogP contribution in [0.1, 0.15) is 51.3 Å². The molecule has 1 aromatic heterocycles. The van der Waals surface area contributed by atoms with E-state index < -0.39 is 20.2 Å². The van der Waals surface area contributed by atoms with Gasteiger partial charge in [-0.05, 0) is 130 Å². The number of allylic oxidation sites excluding steroid dienone is 1. The van der Waals surface area contributed by atoms with Crippen LogP contribution in [-0.2, 0) is 18.8 Å². The van der Waals surface area contributed by atoms with Crippen LogP contribution in [0.15, 0.2) is 169 Å². The van der Waals surface area contributed by atoms with Gasteiger partial charge in [-0.25, -0.2) is 0 Å². The highest BCUT2D eigenvalue weighted by molar-refractivity contribution is 6.99. The zero-order chi connectivity index (χ0) is 44.4. The first-order valence-corrected chi connectivity index (χ1v) is 24.3. The Morgan fingerprint density at radius 2 is 1.47 bits per heavy atom. The number of aromatic hydroxyl groups is 1. The third-order valence-electron chi connectivity index (χ3n) is 13.1. The number of rotatable bonds is 13. The second-order valence-corrected chi connectivity index (χ2v) is 22.7. The third kappa shape index (κ3) is 8.37. The Labute approximate surface area is 381 Å². The lowest BCUT2D eigenvalue weighted by Gasteiger charge is -2.44. The van der Waals surface area contributed by atoms with Crippen molar-refractivity contribution in [2.45, 2.75) is 51.2 Å². The predicted octanol–water partition coefficient (Wildman–Crippen LogP) is 10.6. The van der Waals surface area contributed by atoms with E-state index in [4.69, 9.17) is 25.7 Å². The van der Waals surface area contributed by atoms with E-state index in [1.807, 2.05) is 91.0 Å². The summed E-state index contributed by atoms with van der Waals surface area (Å²) >= 11 is 6.63. The summed E-state index contributed by atoms with van der Waals surface area (Å²) in [5.41, 5.74) is 7.02. The minimum Gasteiger partial charge on any atom is -0.508 e. The van der Waals surface area contributed by atoms with Crippen LogP contribution < -0.4 is 20.6 Å². The molecule has 3 aliphatic rings. The molecule has 64 heavy (non-hydrogen) atoms. The van der Waals surface area contributed by atoms with Crippen molar-refractivity contribution < 1.29 is 23.9 Å². The van der Waals surface area contributed by atoms with Gasteiger partial charge >= 0.3 is 0 Å². The van der Waals surface area contributed by atoms with Gasteiger partial charge in [0.2, 0.25) is 11.8 Å². The van der Waals surface area contributed by atoms with Crippen LogP contribution in [0.2, 0.25) is 10.1 Å². The molecule has 10 heteroatoms. The standard InChI is InChI=1S/C54H52ClN3O5Si/c1-54(2,3)64(43-17-9-5-10-18-43,44-19-11-6-12-20-44)63-34-38-32-45-51(53(61)58(52(45)60)41-26-24-40(25-27-41)57-39-15-7-4-8-16-39)46-35-62-49(50(38)46)29-23-37(48-21-13-14-30-56-48)31-36-22-28-42(59)33-47(36)55/h4-22,24-28,30-31,33,45-46,49,51,57,59H,23,29,32,34-35H2,1-3H3/b37-31-/t45-,46+,49-,51-/m1/s1. The first kappa shape index (κ1) is 43.2. The Morgan fingerprint density at radius 1 is 0.828 bits per heavy atom. The molecule has 5 aromatic carbocycles. The smallest absolute Gasteiger partial charge is 0.261 e. The molecular weight excluding hydrogens is 834 g/mol. The van der Waals surface area contributed by atoms with Gasteiger partial charge in [0.25, 0.3) is 8.32 Å². The van der Waals surface area contributed by atoms with E-state index in [1.54, 1.807) is 18.3 Å². The number of hydrogen-bond acceptors (Lipinski definition) is 7. The number of benzene rings is 5. The van der Waals surface area contributed by atoms with E-state index in [9.17, 15) is 14.7 Å². The molecule has 1 aliphatic carbocycles. The molecular formula is C54H52ClN3O5Si. The van der Waals surface area contributed by atoms with E-state index in [-0.39, 0.29) is 34.6 Å². The summed E-state index contributed by atoms with van der Waals surface area (Å²) < 4.78 is 14.4. The fraction of sp³-hybridized carbons (Fsp3) is 0.241. The van der Waals surface area contributed by atoms with Crippen LogP contribution in [0.5, 0.6) is 5.75 Å². The third-order valence-corrected chi connectivity index (χ3v) is 18.4. The maximum Gasteiger partial charge on any atom is 0.261 e. The van der Waals surface area contributed by atoms with Gasteiger partial charge in [-0.1, -0.05) is 117 Å². The predicted molar refractivity (Wildman–Crippen MR) is 259 cm³/mol.